The van der Waals surface area contributed by atoms with Crippen LogP contribution < -0.4 is 11.1 Å². The summed E-state index contributed by atoms with van der Waals surface area (Å²) in [5.41, 5.74) is 6.33. The summed E-state index contributed by atoms with van der Waals surface area (Å²) in [6.07, 6.45) is 8.15. The first-order chi connectivity index (χ1) is 11.2. The maximum atomic E-state index is 12.6. The van der Waals surface area contributed by atoms with Crippen molar-refractivity contribution in [2.24, 2.45) is 23.5 Å². The number of nitrogens with two attached hydrogens (primary N) is 1. The number of nitrogens with zero attached hydrogens (tertiary/aromatic N) is 1. The third-order valence-electron chi connectivity index (χ3n) is 6.38. The van der Waals surface area contributed by atoms with Crippen molar-refractivity contribution in [1.82, 2.24) is 10.2 Å². The molecule has 2 bridgehead atoms. The molecule has 3 N–H and O–H groups in total. The summed E-state index contributed by atoms with van der Waals surface area (Å²) in [6.45, 7) is 3.67. The Balaban J connectivity index is 0.00000156. The lowest BCUT2D eigenvalue weighted by Crippen LogP contribution is -2.50. The van der Waals surface area contributed by atoms with E-state index in [0.29, 0.717) is 23.9 Å². The molecule has 3 fully saturated rings. The fourth-order valence-electron chi connectivity index (χ4n) is 5.00. The third kappa shape index (κ3) is 5.70. The van der Waals surface area contributed by atoms with E-state index < -0.39 is 0 Å². The first-order valence-corrected chi connectivity index (χ1v) is 9.45. The highest BCUT2D eigenvalue weighted by Gasteiger charge is 2.40. The first kappa shape index (κ1) is 23.0. The number of hydrogen-bond donors (Lipinski definition) is 2. The monoisotopic (exact) mass is 395 g/mol. The molecule has 2 saturated carbocycles. The molecule has 1 heterocycles. The zero-order valence-electron chi connectivity index (χ0n) is 15.3. The van der Waals surface area contributed by atoms with Crippen LogP contribution in [0.5, 0.6) is 0 Å². The number of rotatable bonds is 6. The lowest BCUT2D eigenvalue weighted by molar-refractivity contribution is -0.128. The molecule has 3 aliphatic rings. The highest BCUT2D eigenvalue weighted by molar-refractivity contribution is 5.85. The van der Waals surface area contributed by atoms with Gasteiger partial charge in [-0.1, -0.05) is 6.42 Å². The molecule has 0 aromatic carbocycles. The Labute approximate surface area is 164 Å². The summed E-state index contributed by atoms with van der Waals surface area (Å²) in [5, 5.41) is 3.24. The van der Waals surface area contributed by atoms with Crippen molar-refractivity contribution in [3.63, 3.8) is 0 Å². The SMILES string of the molecule is COCCN1CCCC1CNC(=O)C1CC2CCCC(C1)C2N.Cl.Cl. The van der Waals surface area contributed by atoms with Crippen molar-refractivity contribution in [3.05, 3.63) is 0 Å². The zero-order valence-corrected chi connectivity index (χ0v) is 17.0. The number of halogens is 2. The summed E-state index contributed by atoms with van der Waals surface area (Å²) in [7, 11) is 1.75. The van der Waals surface area contributed by atoms with E-state index in [9.17, 15) is 4.79 Å². The minimum Gasteiger partial charge on any atom is -0.383 e. The quantitative estimate of drug-likeness (QED) is 0.723. The topological polar surface area (TPSA) is 67.6 Å². The zero-order chi connectivity index (χ0) is 16.2. The largest absolute Gasteiger partial charge is 0.383 e. The Morgan fingerprint density at radius 2 is 1.84 bits per heavy atom. The molecule has 0 spiro atoms. The van der Waals surface area contributed by atoms with Gasteiger partial charge in [-0.3, -0.25) is 9.69 Å². The molecule has 5 nitrogen and oxygen atoms in total. The van der Waals surface area contributed by atoms with Crippen molar-refractivity contribution >= 4 is 30.7 Å². The maximum Gasteiger partial charge on any atom is 0.223 e. The average Bonchev–Trinajstić information content (AvgIpc) is 2.97. The second-order valence-corrected chi connectivity index (χ2v) is 7.77. The molecule has 3 atom stereocenters. The lowest BCUT2D eigenvalue weighted by atomic mass is 9.65. The van der Waals surface area contributed by atoms with E-state index >= 15 is 0 Å². The van der Waals surface area contributed by atoms with E-state index in [1.165, 1.54) is 32.1 Å². The molecule has 1 saturated heterocycles. The maximum absolute atomic E-state index is 12.6. The van der Waals surface area contributed by atoms with Gasteiger partial charge in [0.1, 0.15) is 0 Å². The number of ether oxygens (including phenoxy) is 1. The summed E-state index contributed by atoms with van der Waals surface area (Å²) in [6, 6.07) is 0.826. The Morgan fingerprint density at radius 3 is 2.48 bits per heavy atom. The first-order valence-electron chi connectivity index (χ1n) is 9.45. The van der Waals surface area contributed by atoms with Crippen LogP contribution in [0.3, 0.4) is 0 Å². The number of amides is 1. The molecule has 3 unspecified atom stereocenters. The van der Waals surface area contributed by atoms with Crippen LogP contribution in [0.25, 0.3) is 0 Å². The van der Waals surface area contributed by atoms with Gasteiger partial charge in [0, 0.05) is 38.2 Å². The second kappa shape index (κ2) is 10.9. The van der Waals surface area contributed by atoms with Gasteiger partial charge in [-0.15, -0.1) is 24.8 Å². The normalized spacial score (nSPS) is 34.7. The van der Waals surface area contributed by atoms with Gasteiger partial charge in [0.15, 0.2) is 0 Å². The van der Waals surface area contributed by atoms with Gasteiger partial charge in [-0.25, -0.2) is 0 Å². The minimum atomic E-state index is 0. The Hall–Kier alpha value is -0.0700. The van der Waals surface area contributed by atoms with Crippen LogP contribution in [0.1, 0.15) is 44.9 Å². The average molecular weight is 396 g/mol. The molecule has 0 radical (unpaired) electrons. The van der Waals surface area contributed by atoms with Crippen molar-refractivity contribution in [2.45, 2.75) is 57.0 Å². The highest BCUT2D eigenvalue weighted by atomic mass is 35.5. The lowest BCUT2D eigenvalue weighted by Gasteiger charge is -2.43. The van der Waals surface area contributed by atoms with E-state index in [-0.39, 0.29) is 36.6 Å². The van der Waals surface area contributed by atoms with E-state index in [1.807, 2.05) is 0 Å². The summed E-state index contributed by atoms with van der Waals surface area (Å²) >= 11 is 0. The fraction of sp³-hybridized carbons (Fsp3) is 0.944. The van der Waals surface area contributed by atoms with Crippen molar-refractivity contribution in [3.8, 4) is 0 Å². The molecule has 3 rings (SSSR count). The fourth-order valence-corrected chi connectivity index (χ4v) is 5.00. The van der Waals surface area contributed by atoms with Crippen LogP contribution >= 0.6 is 24.8 Å². The number of hydrogen-bond acceptors (Lipinski definition) is 4. The van der Waals surface area contributed by atoms with E-state index in [4.69, 9.17) is 10.5 Å². The van der Waals surface area contributed by atoms with Gasteiger partial charge in [-0.2, -0.15) is 0 Å². The van der Waals surface area contributed by atoms with Gasteiger partial charge in [0.25, 0.3) is 0 Å². The molecule has 1 amide bonds. The van der Waals surface area contributed by atoms with Gasteiger partial charge < -0.3 is 15.8 Å². The van der Waals surface area contributed by atoms with Crippen molar-refractivity contribution < 1.29 is 9.53 Å². The van der Waals surface area contributed by atoms with Gasteiger partial charge >= 0.3 is 0 Å². The predicted molar refractivity (Wildman–Crippen MR) is 106 cm³/mol. The summed E-state index contributed by atoms with van der Waals surface area (Å²) in [5.74, 6) is 1.61. The van der Waals surface area contributed by atoms with E-state index in [0.717, 1.165) is 39.1 Å². The van der Waals surface area contributed by atoms with Crippen LogP contribution in [0, 0.1) is 17.8 Å². The Kier molecular flexibility index (Phi) is 10.0. The van der Waals surface area contributed by atoms with Crippen LogP contribution in [-0.2, 0) is 9.53 Å². The van der Waals surface area contributed by atoms with Crippen LogP contribution in [0.2, 0.25) is 0 Å². The molecule has 25 heavy (non-hydrogen) atoms. The molecule has 1 aliphatic heterocycles. The molecule has 7 heteroatoms. The van der Waals surface area contributed by atoms with E-state index in [1.54, 1.807) is 7.11 Å². The number of methoxy groups -OCH3 is 1. The standard InChI is InChI=1S/C18H33N3O2.2ClH/c1-23-9-8-21-7-3-6-16(21)12-20-18(22)15-10-13-4-2-5-14(11-15)17(13)19;;/h13-17H,2-12,19H2,1H3,(H,20,22);2*1H. The van der Waals surface area contributed by atoms with Crippen LogP contribution in [0.15, 0.2) is 0 Å². The van der Waals surface area contributed by atoms with Gasteiger partial charge in [0.05, 0.1) is 6.61 Å². The molecule has 0 aromatic heterocycles. The van der Waals surface area contributed by atoms with Gasteiger partial charge in [-0.05, 0) is 56.9 Å². The number of carbonyl (C=O) groups excluding carboxylic acids is 1. The molecule has 0 aromatic rings. The number of carbonyl (C=O) groups is 1. The summed E-state index contributed by atoms with van der Waals surface area (Å²) < 4.78 is 5.18. The molecular formula is C18H35Cl2N3O2. The highest BCUT2D eigenvalue weighted by Crippen LogP contribution is 2.41. The minimum absolute atomic E-state index is 0. The Morgan fingerprint density at radius 1 is 1.16 bits per heavy atom. The third-order valence-corrected chi connectivity index (χ3v) is 6.38. The van der Waals surface area contributed by atoms with Crippen LogP contribution in [-0.4, -0.2) is 56.2 Å². The van der Waals surface area contributed by atoms with Crippen molar-refractivity contribution in [2.75, 3.05) is 33.4 Å². The summed E-state index contributed by atoms with van der Waals surface area (Å²) in [4.78, 5) is 15.1. The number of nitrogens with one attached hydrogen (secondary N) is 1. The van der Waals surface area contributed by atoms with Gasteiger partial charge in [0.2, 0.25) is 5.91 Å². The smallest absolute Gasteiger partial charge is 0.223 e. The number of likely N-dealkylation sites (tertiary alicyclic amines) is 1. The molecular weight excluding hydrogens is 361 g/mol. The molecule has 148 valence electrons. The second-order valence-electron chi connectivity index (χ2n) is 7.77. The Bertz CT molecular complexity index is 400. The predicted octanol–water partition coefficient (Wildman–Crippen LogP) is 2.21. The van der Waals surface area contributed by atoms with Crippen LogP contribution in [0.4, 0.5) is 0 Å². The van der Waals surface area contributed by atoms with E-state index in [2.05, 4.69) is 10.2 Å². The van der Waals surface area contributed by atoms with Crippen molar-refractivity contribution in [1.29, 1.82) is 0 Å². The number of fused-ring (bicyclic) bond motifs is 2. The molecule has 2 aliphatic carbocycles.